The summed E-state index contributed by atoms with van der Waals surface area (Å²) in [5.74, 6) is 1.29. The maximum atomic E-state index is 9.10. The first-order chi connectivity index (χ1) is 5.82. The van der Waals surface area contributed by atoms with Crippen LogP contribution in [0, 0.1) is 5.41 Å². The summed E-state index contributed by atoms with van der Waals surface area (Å²) in [5.41, 5.74) is 5.49. The largest absolute Gasteiger partial charge is 0.469 e. The lowest BCUT2D eigenvalue weighted by Crippen LogP contribution is -2.21. The van der Waals surface area contributed by atoms with Crippen molar-refractivity contribution in [3.8, 4) is 0 Å². The van der Waals surface area contributed by atoms with Crippen LogP contribution in [0.4, 0.5) is 0 Å². The van der Waals surface area contributed by atoms with Crippen molar-refractivity contribution in [1.29, 1.82) is 0 Å². The third kappa shape index (κ3) is 0.974. The van der Waals surface area contributed by atoms with Crippen molar-refractivity contribution < 1.29 is 9.52 Å². The van der Waals surface area contributed by atoms with Gasteiger partial charge in [-0.3, -0.25) is 0 Å². The summed E-state index contributed by atoms with van der Waals surface area (Å²) in [4.78, 5) is 0. The number of hydrogen-bond acceptors (Lipinski definition) is 3. The molecule has 1 aromatic heterocycles. The maximum absolute atomic E-state index is 9.10. The molecule has 0 aromatic carbocycles. The zero-order chi connectivity index (χ0) is 8.60. The van der Waals surface area contributed by atoms with Crippen LogP contribution in [0.25, 0.3) is 0 Å². The molecule has 0 amide bonds. The van der Waals surface area contributed by atoms with E-state index in [1.165, 1.54) is 0 Å². The molecule has 0 unspecified atom stereocenters. The summed E-state index contributed by atoms with van der Waals surface area (Å²) in [6.07, 6.45) is 2.61. The van der Waals surface area contributed by atoms with Gasteiger partial charge in [-0.1, -0.05) is 0 Å². The van der Waals surface area contributed by atoms with Gasteiger partial charge in [0.2, 0.25) is 0 Å². The molecule has 12 heavy (non-hydrogen) atoms. The molecule has 66 valence electrons. The van der Waals surface area contributed by atoms with Gasteiger partial charge in [-0.05, 0) is 18.6 Å². The lowest BCUT2D eigenvalue weighted by atomic mass is 10.0. The Kier molecular flexibility index (Phi) is 1.70. The highest BCUT2D eigenvalue weighted by Crippen LogP contribution is 2.58. The second-order valence-corrected chi connectivity index (χ2v) is 3.50. The number of rotatable bonds is 3. The molecule has 1 aromatic rings. The van der Waals surface area contributed by atoms with E-state index in [1.54, 1.807) is 6.26 Å². The molecule has 2 atom stereocenters. The molecular weight excluding hydrogens is 154 g/mol. The Morgan fingerprint density at radius 3 is 3.00 bits per heavy atom. The lowest BCUT2D eigenvalue weighted by Gasteiger charge is -2.08. The Morgan fingerprint density at radius 2 is 2.58 bits per heavy atom. The minimum Gasteiger partial charge on any atom is -0.469 e. The van der Waals surface area contributed by atoms with Crippen molar-refractivity contribution in [2.24, 2.45) is 11.1 Å². The topological polar surface area (TPSA) is 59.4 Å². The molecule has 1 heterocycles. The van der Waals surface area contributed by atoms with Crippen LogP contribution in [0.15, 0.2) is 22.8 Å². The maximum Gasteiger partial charge on any atom is 0.107 e. The van der Waals surface area contributed by atoms with Crippen molar-refractivity contribution in [1.82, 2.24) is 0 Å². The second kappa shape index (κ2) is 2.61. The standard InChI is InChI=1S/C9H13NO2/c10-5-9(6-11)4-7(9)8-2-1-3-12-8/h1-3,7,11H,4-6,10H2/t7-,9-/m0/s1. The van der Waals surface area contributed by atoms with Crippen LogP contribution in [0.1, 0.15) is 18.1 Å². The highest BCUT2D eigenvalue weighted by Gasteiger charge is 2.54. The van der Waals surface area contributed by atoms with E-state index >= 15 is 0 Å². The molecule has 3 nitrogen and oxygen atoms in total. The first-order valence-electron chi connectivity index (χ1n) is 4.17. The van der Waals surface area contributed by atoms with Gasteiger partial charge in [-0.15, -0.1) is 0 Å². The zero-order valence-corrected chi connectivity index (χ0v) is 6.86. The van der Waals surface area contributed by atoms with Gasteiger partial charge < -0.3 is 15.3 Å². The summed E-state index contributed by atoms with van der Waals surface area (Å²) in [6, 6.07) is 3.81. The van der Waals surface area contributed by atoms with Crippen molar-refractivity contribution in [2.45, 2.75) is 12.3 Å². The molecule has 3 heteroatoms. The number of nitrogens with two attached hydrogens (primary N) is 1. The van der Waals surface area contributed by atoms with Gasteiger partial charge in [-0.2, -0.15) is 0 Å². The summed E-state index contributed by atoms with van der Waals surface area (Å²) in [6.45, 7) is 0.698. The van der Waals surface area contributed by atoms with Crippen LogP contribution in [0.5, 0.6) is 0 Å². The Balaban J connectivity index is 2.12. The zero-order valence-electron chi connectivity index (χ0n) is 6.86. The molecule has 0 aliphatic heterocycles. The molecule has 0 spiro atoms. The molecule has 0 radical (unpaired) electrons. The van der Waals surface area contributed by atoms with Gasteiger partial charge in [-0.25, -0.2) is 0 Å². The highest BCUT2D eigenvalue weighted by atomic mass is 16.3. The van der Waals surface area contributed by atoms with E-state index in [4.69, 9.17) is 15.3 Å². The predicted molar refractivity (Wildman–Crippen MR) is 44.6 cm³/mol. The second-order valence-electron chi connectivity index (χ2n) is 3.50. The van der Waals surface area contributed by atoms with E-state index in [1.807, 2.05) is 12.1 Å². The van der Waals surface area contributed by atoms with Crippen LogP contribution in [-0.2, 0) is 0 Å². The summed E-state index contributed by atoms with van der Waals surface area (Å²) < 4.78 is 5.25. The van der Waals surface area contributed by atoms with Crippen molar-refractivity contribution in [3.63, 3.8) is 0 Å². The highest BCUT2D eigenvalue weighted by molar-refractivity contribution is 5.22. The molecule has 1 saturated carbocycles. The molecule has 1 fully saturated rings. The normalized spacial score (nSPS) is 33.7. The molecule has 3 N–H and O–H groups in total. The van der Waals surface area contributed by atoms with Crippen LogP contribution in [-0.4, -0.2) is 18.3 Å². The average Bonchev–Trinajstić information content (AvgIpc) is 2.59. The van der Waals surface area contributed by atoms with Crippen molar-refractivity contribution in [3.05, 3.63) is 24.2 Å². The fourth-order valence-corrected chi connectivity index (χ4v) is 1.70. The number of aliphatic hydroxyl groups excluding tert-OH is 1. The molecule has 1 aliphatic carbocycles. The molecule has 1 aliphatic rings. The number of hydrogen-bond donors (Lipinski definition) is 2. The van der Waals surface area contributed by atoms with E-state index in [0.29, 0.717) is 12.5 Å². The van der Waals surface area contributed by atoms with Gasteiger partial charge in [0.15, 0.2) is 0 Å². The van der Waals surface area contributed by atoms with Crippen LogP contribution in [0.2, 0.25) is 0 Å². The Morgan fingerprint density at radius 1 is 1.75 bits per heavy atom. The smallest absolute Gasteiger partial charge is 0.107 e. The van der Waals surface area contributed by atoms with Crippen molar-refractivity contribution in [2.75, 3.05) is 13.2 Å². The van der Waals surface area contributed by atoms with Gasteiger partial charge in [0, 0.05) is 17.9 Å². The van der Waals surface area contributed by atoms with E-state index in [0.717, 1.165) is 12.2 Å². The van der Waals surface area contributed by atoms with E-state index in [-0.39, 0.29) is 12.0 Å². The minimum atomic E-state index is -0.0855. The number of furan rings is 1. The van der Waals surface area contributed by atoms with E-state index in [2.05, 4.69) is 0 Å². The summed E-state index contributed by atoms with van der Waals surface area (Å²) >= 11 is 0. The molecule has 0 bridgehead atoms. The fraction of sp³-hybridized carbons (Fsp3) is 0.556. The molecule has 0 saturated heterocycles. The van der Waals surface area contributed by atoms with E-state index < -0.39 is 0 Å². The Hall–Kier alpha value is -0.800. The fourth-order valence-electron chi connectivity index (χ4n) is 1.70. The van der Waals surface area contributed by atoms with Gasteiger partial charge in [0.1, 0.15) is 5.76 Å². The van der Waals surface area contributed by atoms with Gasteiger partial charge >= 0.3 is 0 Å². The lowest BCUT2D eigenvalue weighted by molar-refractivity contribution is 0.208. The first-order valence-corrected chi connectivity index (χ1v) is 4.17. The average molecular weight is 167 g/mol. The first kappa shape index (κ1) is 7.83. The third-order valence-corrected chi connectivity index (χ3v) is 2.80. The predicted octanol–water partition coefficient (Wildman–Crippen LogP) is 0.704. The monoisotopic (exact) mass is 167 g/mol. The Bertz CT molecular complexity index is 252. The van der Waals surface area contributed by atoms with Crippen molar-refractivity contribution >= 4 is 0 Å². The molecular formula is C9H13NO2. The van der Waals surface area contributed by atoms with Crippen LogP contribution in [0.3, 0.4) is 0 Å². The van der Waals surface area contributed by atoms with Gasteiger partial charge in [0.05, 0.1) is 12.9 Å². The molecule has 2 rings (SSSR count). The Labute approximate surface area is 71.2 Å². The minimum absolute atomic E-state index is 0.0855. The van der Waals surface area contributed by atoms with Crippen LogP contribution < -0.4 is 5.73 Å². The SMILES string of the molecule is NC[C@]1(CO)C[C@H]1c1ccco1. The van der Waals surface area contributed by atoms with E-state index in [9.17, 15) is 0 Å². The third-order valence-electron chi connectivity index (χ3n) is 2.80. The quantitative estimate of drug-likeness (QED) is 0.696. The van der Waals surface area contributed by atoms with Crippen LogP contribution >= 0.6 is 0 Å². The summed E-state index contributed by atoms with van der Waals surface area (Å²) in [7, 11) is 0. The van der Waals surface area contributed by atoms with Gasteiger partial charge in [0.25, 0.3) is 0 Å². The summed E-state index contributed by atoms with van der Waals surface area (Å²) in [5, 5.41) is 9.10. The number of aliphatic hydroxyl groups is 1.